The molecule has 88 valence electrons. The lowest BCUT2D eigenvalue weighted by Gasteiger charge is -2.10. The minimum absolute atomic E-state index is 0.323. The van der Waals surface area contributed by atoms with Crippen LogP contribution in [-0.2, 0) is 0 Å². The van der Waals surface area contributed by atoms with Crippen LogP contribution < -0.4 is 10.1 Å². The molecule has 0 saturated carbocycles. The quantitative estimate of drug-likeness (QED) is 0.854. The van der Waals surface area contributed by atoms with Crippen LogP contribution in [0, 0.1) is 5.82 Å². The molecule has 1 heterocycles. The molecule has 0 fully saturated rings. The van der Waals surface area contributed by atoms with Crippen LogP contribution in [0.2, 0.25) is 5.15 Å². The van der Waals surface area contributed by atoms with Gasteiger partial charge in [-0.25, -0.2) is 14.4 Å². The van der Waals surface area contributed by atoms with E-state index in [1.807, 2.05) is 0 Å². The molecule has 1 aromatic heterocycles. The highest BCUT2D eigenvalue weighted by atomic mass is 35.5. The largest absolute Gasteiger partial charge is 0.494 e. The molecule has 17 heavy (non-hydrogen) atoms. The smallest absolute Gasteiger partial charge is 0.145 e. The average Bonchev–Trinajstić information content (AvgIpc) is 2.31. The molecule has 2 rings (SSSR count). The third-order valence-corrected chi connectivity index (χ3v) is 2.27. The molecular formula is C11H9ClFN3O. The third-order valence-electron chi connectivity index (χ3n) is 2.06. The number of anilines is 2. The fourth-order valence-electron chi connectivity index (χ4n) is 1.31. The highest BCUT2D eigenvalue weighted by Crippen LogP contribution is 2.27. The summed E-state index contributed by atoms with van der Waals surface area (Å²) in [4.78, 5) is 7.74. The second-order valence-electron chi connectivity index (χ2n) is 3.20. The van der Waals surface area contributed by atoms with Crippen molar-refractivity contribution in [1.29, 1.82) is 0 Å². The van der Waals surface area contributed by atoms with E-state index in [1.165, 1.54) is 25.6 Å². The molecule has 0 saturated heterocycles. The number of hydrogen-bond donors (Lipinski definition) is 1. The van der Waals surface area contributed by atoms with Crippen molar-refractivity contribution in [1.82, 2.24) is 9.97 Å². The van der Waals surface area contributed by atoms with Crippen molar-refractivity contribution in [3.8, 4) is 5.75 Å². The lowest BCUT2D eigenvalue weighted by Crippen LogP contribution is -1.97. The first kappa shape index (κ1) is 11.6. The van der Waals surface area contributed by atoms with Gasteiger partial charge < -0.3 is 10.1 Å². The Morgan fingerprint density at radius 3 is 2.82 bits per heavy atom. The van der Waals surface area contributed by atoms with Gasteiger partial charge in [-0.3, -0.25) is 0 Å². The molecule has 0 aliphatic heterocycles. The van der Waals surface area contributed by atoms with E-state index in [4.69, 9.17) is 16.3 Å². The summed E-state index contributed by atoms with van der Waals surface area (Å²) in [6.07, 6.45) is 1.33. The van der Waals surface area contributed by atoms with Crippen molar-refractivity contribution < 1.29 is 9.13 Å². The summed E-state index contributed by atoms with van der Waals surface area (Å²) in [5.74, 6) is 0.530. The zero-order valence-corrected chi connectivity index (χ0v) is 9.70. The van der Waals surface area contributed by atoms with Gasteiger partial charge in [0.15, 0.2) is 0 Å². The molecule has 0 aliphatic carbocycles. The van der Waals surface area contributed by atoms with Crippen LogP contribution >= 0.6 is 11.6 Å². The van der Waals surface area contributed by atoms with E-state index < -0.39 is 0 Å². The summed E-state index contributed by atoms with van der Waals surface area (Å²) >= 11 is 5.73. The Hall–Kier alpha value is -1.88. The van der Waals surface area contributed by atoms with Crippen molar-refractivity contribution in [3.05, 3.63) is 41.6 Å². The van der Waals surface area contributed by atoms with Gasteiger partial charge in [0.2, 0.25) is 0 Å². The van der Waals surface area contributed by atoms with Crippen molar-refractivity contribution in [2.45, 2.75) is 0 Å². The summed E-state index contributed by atoms with van der Waals surface area (Å²) in [5, 5.41) is 3.29. The number of nitrogens with zero attached hydrogens (tertiary/aromatic N) is 2. The SMILES string of the molecule is COc1cc(F)ccc1Nc1cc(Cl)ncn1. The number of ether oxygens (including phenoxy) is 1. The Labute approximate surface area is 102 Å². The lowest BCUT2D eigenvalue weighted by atomic mass is 10.3. The molecule has 0 atom stereocenters. The Balaban J connectivity index is 2.29. The number of rotatable bonds is 3. The predicted octanol–water partition coefficient (Wildman–Crippen LogP) is 3.02. The van der Waals surface area contributed by atoms with Gasteiger partial charge >= 0.3 is 0 Å². The fraction of sp³-hybridized carbons (Fsp3) is 0.0909. The maximum absolute atomic E-state index is 13.0. The van der Waals surface area contributed by atoms with Crippen LogP contribution in [0.1, 0.15) is 0 Å². The van der Waals surface area contributed by atoms with E-state index in [-0.39, 0.29) is 5.82 Å². The van der Waals surface area contributed by atoms with E-state index in [1.54, 1.807) is 12.1 Å². The van der Waals surface area contributed by atoms with Crippen LogP contribution in [0.15, 0.2) is 30.6 Å². The van der Waals surface area contributed by atoms with Gasteiger partial charge in [-0.15, -0.1) is 0 Å². The molecular weight excluding hydrogens is 245 g/mol. The Bertz CT molecular complexity index is 536. The van der Waals surface area contributed by atoms with Crippen LogP contribution in [-0.4, -0.2) is 17.1 Å². The van der Waals surface area contributed by atoms with Gasteiger partial charge in [-0.1, -0.05) is 11.6 Å². The van der Waals surface area contributed by atoms with E-state index in [0.29, 0.717) is 22.4 Å². The first-order valence-corrected chi connectivity index (χ1v) is 5.15. The molecule has 1 N–H and O–H groups in total. The van der Waals surface area contributed by atoms with Crippen LogP contribution in [0.25, 0.3) is 0 Å². The maximum Gasteiger partial charge on any atom is 0.145 e. The van der Waals surface area contributed by atoms with Crippen molar-refractivity contribution in [3.63, 3.8) is 0 Å². The molecule has 0 aliphatic rings. The molecule has 0 radical (unpaired) electrons. The Morgan fingerprint density at radius 2 is 2.12 bits per heavy atom. The van der Waals surface area contributed by atoms with E-state index in [9.17, 15) is 4.39 Å². The highest BCUT2D eigenvalue weighted by molar-refractivity contribution is 6.29. The first-order chi connectivity index (χ1) is 8.19. The van der Waals surface area contributed by atoms with Gasteiger partial charge in [0.05, 0.1) is 12.8 Å². The number of benzene rings is 1. The lowest BCUT2D eigenvalue weighted by molar-refractivity contribution is 0.413. The molecule has 1 aromatic carbocycles. The van der Waals surface area contributed by atoms with Gasteiger partial charge in [0, 0.05) is 12.1 Å². The monoisotopic (exact) mass is 253 g/mol. The second kappa shape index (κ2) is 4.97. The second-order valence-corrected chi connectivity index (χ2v) is 3.58. The third kappa shape index (κ3) is 2.82. The number of aromatic nitrogens is 2. The molecule has 0 unspecified atom stereocenters. The van der Waals surface area contributed by atoms with Gasteiger partial charge in [0.1, 0.15) is 28.9 Å². The summed E-state index contributed by atoms with van der Waals surface area (Å²) < 4.78 is 18.0. The molecule has 0 spiro atoms. The van der Waals surface area contributed by atoms with E-state index >= 15 is 0 Å². The van der Waals surface area contributed by atoms with Gasteiger partial charge in [0.25, 0.3) is 0 Å². The summed E-state index contributed by atoms with van der Waals surface area (Å²) in [6.45, 7) is 0. The summed E-state index contributed by atoms with van der Waals surface area (Å²) in [6, 6.07) is 5.73. The van der Waals surface area contributed by atoms with Gasteiger partial charge in [-0.2, -0.15) is 0 Å². The van der Waals surface area contributed by atoms with Crippen molar-refractivity contribution >= 4 is 23.1 Å². The Morgan fingerprint density at radius 1 is 1.29 bits per heavy atom. The summed E-state index contributed by atoms with van der Waals surface area (Å²) in [7, 11) is 1.47. The number of halogens is 2. The normalized spacial score (nSPS) is 10.1. The minimum Gasteiger partial charge on any atom is -0.494 e. The van der Waals surface area contributed by atoms with E-state index in [0.717, 1.165) is 0 Å². The molecule has 6 heteroatoms. The molecule has 0 bridgehead atoms. The zero-order chi connectivity index (χ0) is 12.3. The maximum atomic E-state index is 13.0. The number of hydrogen-bond acceptors (Lipinski definition) is 4. The van der Waals surface area contributed by atoms with Crippen LogP contribution in [0.3, 0.4) is 0 Å². The zero-order valence-electron chi connectivity index (χ0n) is 8.95. The van der Waals surface area contributed by atoms with Gasteiger partial charge in [-0.05, 0) is 12.1 Å². The molecule has 4 nitrogen and oxygen atoms in total. The molecule has 2 aromatic rings. The number of nitrogens with one attached hydrogen (secondary N) is 1. The molecule has 0 amide bonds. The standard InChI is InChI=1S/C11H9ClFN3O/c1-17-9-4-7(13)2-3-8(9)16-11-5-10(12)14-6-15-11/h2-6H,1H3,(H,14,15,16). The Kier molecular flexibility index (Phi) is 3.39. The van der Waals surface area contributed by atoms with Crippen LogP contribution in [0.5, 0.6) is 5.75 Å². The minimum atomic E-state index is -0.367. The fourth-order valence-corrected chi connectivity index (χ4v) is 1.46. The van der Waals surface area contributed by atoms with Crippen molar-refractivity contribution in [2.75, 3.05) is 12.4 Å². The highest BCUT2D eigenvalue weighted by Gasteiger charge is 2.05. The van der Waals surface area contributed by atoms with E-state index in [2.05, 4.69) is 15.3 Å². The van der Waals surface area contributed by atoms with Crippen molar-refractivity contribution in [2.24, 2.45) is 0 Å². The summed E-state index contributed by atoms with van der Waals surface area (Å²) in [5.41, 5.74) is 0.601. The predicted molar refractivity (Wildman–Crippen MR) is 63.3 cm³/mol. The first-order valence-electron chi connectivity index (χ1n) is 4.77. The average molecular weight is 254 g/mol. The number of methoxy groups -OCH3 is 1. The topological polar surface area (TPSA) is 47.0 Å². The van der Waals surface area contributed by atoms with Crippen LogP contribution in [0.4, 0.5) is 15.9 Å².